The number of imide groups is 1. The van der Waals surface area contributed by atoms with Crippen molar-refractivity contribution in [3.8, 4) is 0 Å². The minimum absolute atomic E-state index is 0.0857. The normalized spacial score (nSPS) is 30.0. The van der Waals surface area contributed by atoms with Crippen molar-refractivity contribution < 1.29 is 9.59 Å². The van der Waals surface area contributed by atoms with Crippen molar-refractivity contribution in [2.45, 2.75) is 19.3 Å². The van der Waals surface area contributed by atoms with Crippen molar-refractivity contribution in [1.82, 2.24) is 9.97 Å². The average Bonchev–Trinajstić information content (AvgIpc) is 2.89. The number of nitrogens with one attached hydrogen (secondary N) is 1. The van der Waals surface area contributed by atoms with Crippen molar-refractivity contribution in [3.05, 3.63) is 12.4 Å². The maximum Gasteiger partial charge on any atom is 0.240 e. The van der Waals surface area contributed by atoms with Crippen LogP contribution >= 0.6 is 0 Å². The molecule has 1 saturated heterocycles. The van der Waals surface area contributed by atoms with Crippen LogP contribution in [0.1, 0.15) is 19.3 Å². The number of imidazole rings is 1. The molecule has 0 aromatic carbocycles. The molecule has 5 nitrogen and oxygen atoms in total. The summed E-state index contributed by atoms with van der Waals surface area (Å²) in [4.78, 5) is 31.8. The first-order valence-corrected chi connectivity index (χ1v) is 5.16. The maximum absolute atomic E-state index is 11.9. The average molecular weight is 205 g/mol. The van der Waals surface area contributed by atoms with Gasteiger partial charge >= 0.3 is 0 Å². The van der Waals surface area contributed by atoms with E-state index in [-0.39, 0.29) is 23.7 Å². The molecule has 2 unspecified atom stereocenters. The number of rotatable bonds is 1. The fourth-order valence-corrected chi connectivity index (χ4v) is 2.58. The number of hydrogen-bond acceptors (Lipinski definition) is 3. The minimum Gasteiger partial charge on any atom is -0.330 e. The number of carbonyl (C=O) groups is 2. The van der Waals surface area contributed by atoms with Gasteiger partial charge in [-0.2, -0.15) is 0 Å². The van der Waals surface area contributed by atoms with E-state index in [1.165, 1.54) is 4.90 Å². The van der Waals surface area contributed by atoms with Crippen LogP contribution in [-0.2, 0) is 9.59 Å². The number of fused-ring (bicyclic) bond motifs is 1. The Hall–Kier alpha value is -1.65. The Morgan fingerprint density at radius 3 is 2.47 bits per heavy atom. The molecule has 2 aliphatic rings. The van der Waals surface area contributed by atoms with Gasteiger partial charge in [-0.3, -0.25) is 9.59 Å². The number of hydrogen-bond donors (Lipinski definition) is 1. The Morgan fingerprint density at radius 1 is 1.27 bits per heavy atom. The lowest BCUT2D eigenvalue weighted by molar-refractivity contribution is -0.122. The van der Waals surface area contributed by atoms with E-state index >= 15 is 0 Å². The van der Waals surface area contributed by atoms with E-state index in [1.807, 2.05) is 0 Å². The van der Waals surface area contributed by atoms with Gasteiger partial charge in [-0.15, -0.1) is 0 Å². The van der Waals surface area contributed by atoms with Gasteiger partial charge in [0.2, 0.25) is 17.8 Å². The summed E-state index contributed by atoms with van der Waals surface area (Å²) in [6.45, 7) is 0. The highest BCUT2D eigenvalue weighted by Gasteiger charge is 2.50. The summed E-state index contributed by atoms with van der Waals surface area (Å²) in [5.74, 6) is -0.000463. The van der Waals surface area contributed by atoms with Gasteiger partial charge in [-0.05, 0) is 12.8 Å². The van der Waals surface area contributed by atoms with Gasteiger partial charge in [0.05, 0.1) is 11.8 Å². The van der Waals surface area contributed by atoms with Crippen molar-refractivity contribution in [2.24, 2.45) is 11.8 Å². The van der Waals surface area contributed by atoms with E-state index in [2.05, 4.69) is 9.97 Å². The standard InChI is InChI=1S/C10H11N3O2/c14-8-6-2-1-3-7(6)9(15)13(8)10-11-4-5-12-10/h4-7H,1-3H2,(H,11,12). The first kappa shape index (κ1) is 8.64. The summed E-state index contributed by atoms with van der Waals surface area (Å²) >= 11 is 0. The predicted molar refractivity (Wildman–Crippen MR) is 51.9 cm³/mol. The molecule has 1 N–H and O–H groups in total. The lowest BCUT2D eigenvalue weighted by Gasteiger charge is -2.11. The Morgan fingerprint density at radius 2 is 1.93 bits per heavy atom. The second-order valence-corrected chi connectivity index (χ2v) is 4.07. The molecule has 1 aromatic heterocycles. The molecule has 2 atom stereocenters. The summed E-state index contributed by atoms with van der Waals surface area (Å²) in [6.07, 6.45) is 5.83. The van der Waals surface area contributed by atoms with Gasteiger partial charge in [0, 0.05) is 12.4 Å². The summed E-state index contributed by atoms with van der Waals surface area (Å²) < 4.78 is 0. The minimum atomic E-state index is -0.0948. The SMILES string of the molecule is O=C1C2CCCC2C(=O)N1c1ncc[nH]1. The maximum atomic E-state index is 11.9. The second-order valence-electron chi connectivity index (χ2n) is 4.07. The van der Waals surface area contributed by atoms with Gasteiger partial charge in [-0.1, -0.05) is 6.42 Å². The van der Waals surface area contributed by atoms with Crippen molar-refractivity contribution in [3.63, 3.8) is 0 Å². The smallest absolute Gasteiger partial charge is 0.240 e. The second kappa shape index (κ2) is 2.92. The molecular weight excluding hydrogens is 194 g/mol. The molecule has 1 aliphatic carbocycles. The van der Waals surface area contributed by atoms with E-state index in [4.69, 9.17) is 0 Å². The van der Waals surface area contributed by atoms with Crippen LogP contribution in [0.25, 0.3) is 0 Å². The highest BCUT2D eigenvalue weighted by atomic mass is 16.2. The number of amides is 2. The highest BCUT2D eigenvalue weighted by Crippen LogP contribution is 2.40. The number of carbonyl (C=O) groups excluding carboxylic acids is 2. The summed E-state index contributed by atoms with van der Waals surface area (Å²) in [7, 11) is 0. The van der Waals surface area contributed by atoms with Crippen LogP contribution < -0.4 is 4.90 Å². The van der Waals surface area contributed by atoms with E-state index in [0.717, 1.165) is 19.3 Å². The topological polar surface area (TPSA) is 66.1 Å². The van der Waals surface area contributed by atoms with Crippen LogP contribution in [0.15, 0.2) is 12.4 Å². The number of aromatic amines is 1. The molecule has 1 saturated carbocycles. The van der Waals surface area contributed by atoms with Crippen LogP contribution in [0.4, 0.5) is 5.95 Å². The zero-order valence-electron chi connectivity index (χ0n) is 8.14. The van der Waals surface area contributed by atoms with Crippen LogP contribution in [0, 0.1) is 11.8 Å². The lowest BCUT2D eigenvalue weighted by atomic mass is 10.00. The van der Waals surface area contributed by atoms with Crippen LogP contribution in [-0.4, -0.2) is 21.8 Å². The summed E-state index contributed by atoms with van der Waals surface area (Å²) in [5, 5.41) is 0. The van der Waals surface area contributed by atoms with Gasteiger partial charge in [0.1, 0.15) is 0 Å². The fraction of sp³-hybridized carbons (Fsp3) is 0.500. The van der Waals surface area contributed by atoms with Gasteiger partial charge < -0.3 is 4.98 Å². The summed E-state index contributed by atoms with van der Waals surface area (Å²) in [5.41, 5.74) is 0. The number of nitrogens with zero attached hydrogens (tertiary/aromatic N) is 2. The molecule has 2 heterocycles. The van der Waals surface area contributed by atoms with Crippen molar-refractivity contribution in [1.29, 1.82) is 0 Å². The zero-order valence-corrected chi connectivity index (χ0v) is 8.14. The third-order valence-electron chi connectivity index (χ3n) is 3.29. The Kier molecular flexibility index (Phi) is 1.68. The predicted octanol–water partition coefficient (Wildman–Crippen LogP) is 0.699. The van der Waals surface area contributed by atoms with Crippen LogP contribution in [0.5, 0.6) is 0 Å². The van der Waals surface area contributed by atoms with Crippen molar-refractivity contribution in [2.75, 3.05) is 4.90 Å². The van der Waals surface area contributed by atoms with E-state index in [0.29, 0.717) is 5.95 Å². The van der Waals surface area contributed by atoms with E-state index in [9.17, 15) is 9.59 Å². The molecule has 0 bridgehead atoms. The molecule has 0 radical (unpaired) electrons. The Bertz CT molecular complexity index is 390. The number of anilines is 1. The largest absolute Gasteiger partial charge is 0.330 e. The molecule has 2 amide bonds. The van der Waals surface area contributed by atoms with Gasteiger partial charge in [-0.25, -0.2) is 9.88 Å². The van der Waals surface area contributed by atoms with Gasteiger partial charge in [0.25, 0.3) is 0 Å². The number of H-pyrrole nitrogens is 1. The molecule has 15 heavy (non-hydrogen) atoms. The van der Waals surface area contributed by atoms with Crippen LogP contribution in [0.3, 0.4) is 0 Å². The first-order chi connectivity index (χ1) is 7.29. The molecule has 2 fully saturated rings. The zero-order chi connectivity index (χ0) is 10.4. The lowest BCUT2D eigenvalue weighted by Crippen LogP contribution is -2.32. The Balaban J connectivity index is 1.99. The monoisotopic (exact) mass is 205 g/mol. The molecule has 3 rings (SSSR count). The summed E-state index contributed by atoms with van der Waals surface area (Å²) in [6, 6.07) is 0. The third kappa shape index (κ3) is 1.06. The highest BCUT2D eigenvalue weighted by molar-refractivity contribution is 6.21. The van der Waals surface area contributed by atoms with Gasteiger partial charge in [0.15, 0.2) is 0 Å². The third-order valence-corrected chi connectivity index (χ3v) is 3.29. The molecule has 78 valence electrons. The van der Waals surface area contributed by atoms with Crippen LogP contribution in [0.2, 0.25) is 0 Å². The first-order valence-electron chi connectivity index (χ1n) is 5.16. The van der Waals surface area contributed by atoms with E-state index < -0.39 is 0 Å². The molecule has 5 heteroatoms. The van der Waals surface area contributed by atoms with E-state index in [1.54, 1.807) is 12.4 Å². The Labute approximate surface area is 86.5 Å². The quantitative estimate of drug-likeness (QED) is 0.686. The fourth-order valence-electron chi connectivity index (χ4n) is 2.58. The molecule has 1 aliphatic heterocycles. The molecule has 1 aromatic rings. The van der Waals surface area contributed by atoms with Crippen molar-refractivity contribution >= 4 is 17.8 Å². The number of aromatic nitrogens is 2. The molecule has 0 spiro atoms. The molecular formula is C10H11N3O2.